The number of unbranched alkanes of at least 4 members (excludes halogenated alkanes) is 6. The summed E-state index contributed by atoms with van der Waals surface area (Å²) in [5.41, 5.74) is 0.277. The zero-order valence-electron chi connectivity index (χ0n) is 17.5. The fraction of sp³-hybridized carbons (Fsp3) is 0.955. The summed E-state index contributed by atoms with van der Waals surface area (Å²) in [6, 6.07) is 0. The van der Waals surface area contributed by atoms with Crippen LogP contribution in [0.3, 0.4) is 0 Å². The lowest BCUT2D eigenvalue weighted by molar-refractivity contribution is -0.151. The van der Waals surface area contributed by atoms with Gasteiger partial charge in [-0.2, -0.15) is 0 Å². The molecule has 0 amide bonds. The molecule has 2 unspecified atom stereocenters. The third kappa shape index (κ3) is 15.0. The second kappa shape index (κ2) is 13.7. The lowest BCUT2D eigenvalue weighted by Gasteiger charge is -2.24. The van der Waals surface area contributed by atoms with Crippen LogP contribution in [0.1, 0.15) is 119 Å². The number of hydrogen-bond donors (Lipinski definition) is 0. The van der Waals surface area contributed by atoms with E-state index >= 15 is 0 Å². The maximum absolute atomic E-state index is 12.3. The maximum Gasteiger partial charge on any atom is 0.306 e. The number of hydrogen-bond acceptors (Lipinski definition) is 2. The summed E-state index contributed by atoms with van der Waals surface area (Å²) in [6.45, 7) is 13.3. The van der Waals surface area contributed by atoms with Gasteiger partial charge in [-0.05, 0) is 43.4 Å². The predicted octanol–water partition coefficient (Wildman–Crippen LogP) is 7.30. The average molecular weight is 341 g/mol. The van der Waals surface area contributed by atoms with Crippen LogP contribution in [0.15, 0.2) is 0 Å². The number of esters is 1. The minimum Gasteiger partial charge on any atom is -0.462 e. The van der Waals surface area contributed by atoms with Crippen molar-refractivity contribution in [2.24, 2.45) is 11.3 Å². The van der Waals surface area contributed by atoms with Crippen LogP contribution in [0, 0.1) is 11.3 Å². The number of carbonyl (C=O) groups excluding carboxylic acids is 1. The van der Waals surface area contributed by atoms with E-state index in [1.54, 1.807) is 0 Å². The maximum atomic E-state index is 12.3. The minimum atomic E-state index is 0.0156. The summed E-state index contributed by atoms with van der Waals surface area (Å²) >= 11 is 0. The molecule has 0 bridgehead atoms. The molecule has 0 aliphatic rings. The van der Waals surface area contributed by atoms with Crippen molar-refractivity contribution in [2.75, 3.05) is 0 Å². The van der Waals surface area contributed by atoms with Crippen molar-refractivity contribution >= 4 is 5.97 Å². The van der Waals surface area contributed by atoms with E-state index in [1.807, 2.05) is 0 Å². The second-order valence-corrected chi connectivity index (χ2v) is 8.88. The molecule has 0 aromatic rings. The van der Waals surface area contributed by atoms with E-state index in [9.17, 15) is 4.79 Å². The van der Waals surface area contributed by atoms with Gasteiger partial charge in [-0.3, -0.25) is 4.79 Å². The van der Waals surface area contributed by atoms with Crippen molar-refractivity contribution in [2.45, 2.75) is 125 Å². The van der Waals surface area contributed by atoms with E-state index in [2.05, 4.69) is 41.5 Å². The predicted molar refractivity (Wildman–Crippen MR) is 105 cm³/mol. The molecule has 0 saturated heterocycles. The van der Waals surface area contributed by atoms with E-state index < -0.39 is 0 Å². The van der Waals surface area contributed by atoms with Gasteiger partial charge in [0.25, 0.3) is 0 Å². The number of rotatable bonds is 14. The van der Waals surface area contributed by atoms with Crippen molar-refractivity contribution in [1.82, 2.24) is 0 Å². The Morgan fingerprint density at radius 2 is 1.38 bits per heavy atom. The van der Waals surface area contributed by atoms with Gasteiger partial charge in [0.15, 0.2) is 0 Å². The van der Waals surface area contributed by atoms with Crippen molar-refractivity contribution < 1.29 is 9.53 Å². The normalized spacial score (nSPS) is 14.4. The van der Waals surface area contributed by atoms with Gasteiger partial charge >= 0.3 is 5.97 Å². The van der Waals surface area contributed by atoms with Gasteiger partial charge in [0, 0.05) is 6.42 Å². The van der Waals surface area contributed by atoms with Gasteiger partial charge in [0.1, 0.15) is 6.10 Å². The van der Waals surface area contributed by atoms with Crippen LogP contribution in [0.2, 0.25) is 0 Å². The summed E-state index contributed by atoms with van der Waals surface area (Å²) in [6.07, 6.45) is 13.9. The van der Waals surface area contributed by atoms with Gasteiger partial charge in [0.2, 0.25) is 0 Å². The standard InChI is InChI=1S/C22H44O2/c1-7-9-11-12-14-16-20(15-13-10-8-2)24-21(23)17-19(3)18-22(4,5)6/h19-20H,7-18H2,1-6H3. The number of carbonyl (C=O) groups is 1. The first kappa shape index (κ1) is 23.5. The summed E-state index contributed by atoms with van der Waals surface area (Å²) in [7, 11) is 0. The molecule has 0 aromatic heterocycles. The molecule has 0 rings (SSSR count). The fourth-order valence-electron chi connectivity index (χ4n) is 3.50. The monoisotopic (exact) mass is 340 g/mol. The third-order valence-corrected chi connectivity index (χ3v) is 4.53. The van der Waals surface area contributed by atoms with Crippen LogP contribution >= 0.6 is 0 Å². The van der Waals surface area contributed by atoms with Gasteiger partial charge in [-0.15, -0.1) is 0 Å². The summed E-state index contributed by atoms with van der Waals surface area (Å²) in [5, 5.41) is 0. The molecule has 0 aliphatic heterocycles. The summed E-state index contributed by atoms with van der Waals surface area (Å²) in [5.74, 6) is 0.417. The molecule has 24 heavy (non-hydrogen) atoms. The van der Waals surface area contributed by atoms with Gasteiger partial charge in [-0.1, -0.05) is 80.1 Å². The molecule has 0 saturated carbocycles. The Bertz CT molecular complexity index is 304. The Balaban J connectivity index is 4.22. The highest BCUT2D eigenvalue weighted by Gasteiger charge is 2.20. The molecule has 0 radical (unpaired) electrons. The molecule has 0 heterocycles. The second-order valence-electron chi connectivity index (χ2n) is 8.88. The first-order valence-corrected chi connectivity index (χ1v) is 10.5. The molecule has 2 heteroatoms. The highest BCUT2D eigenvalue weighted by atomic mass is 16.5. The molecule has 0 fully saturated rings. The summed E-state index contributed by atoms with van der Waals surface area (Å²) in [4.78, 5) is 12.3. The molecular weight excluding hydrogens is 296 g/mol. The first-order valence-electron chi connectivity index (χ1n) is 10.5. The SMILES string of the molecule is CCCCCCCC(CCCCC)OC(=O)CC(C)CC(C)(C)C. The topological polar surface area (TPSA) is 26.3 Å². The van der Waals surface area contributed by atoms with Crippen LogP contribution in [0.5, 0.6) is 0 Å². The van der Waals surface area contributed by atoms with Gasteiger partial charge in [-0.25, -0.2) is 0 Å². The van der Waals surface area contributed by atoms with E-state index in [1.165, 1.54) is 51.4 Å². The Hall–Kier alpha value is -0.530. The Labute approximate surface area is 152 Å². The smallest absolute Gasteiger partial charge is 0.306 e. The van der Waals surface area contributed by atoms with E-state index in [-0.39, 0.29) is 17.5 Å². The molecule has 2 atom stereocenters. The Kier molecular flexibility index (Phi) is 13.4. The molecule has 0 aliphatic carbocycles. The van der Waals surface area contributed by atoms with Crippen molar-refractivity contribution in [3.63, 3.8) is 0 Å². The molecular formula is C22H44O2. The first-order chi connectivity index (χ1) is 11.3. The molecule has 144 valence electrons. The Morgan fingerprint density at radius 3 is 1.92 bits per heavy atom. The number of ether oxygens (including phenoxy) is 1. The highest BCUT2D eigenvalue weighted by molar-refractivity contribution is 5.69. The van der Waals surface area contributed by atoms with Gasteiger partial charge < -0.3 is 4.74 Å². The van der Waals surface area contributed by atoms with E-state index in [0.717, 1.165) is 19.3 Å². The van der Waals surface area contributed by atoms with E-state index in [4.69, 9.17) is 4.74 Å². The zero-order chi connectivity index (χ0) is 18.4. The quantitative estimate of drug-likeness (QED) is 0.245. The minimum absolute atomic E-state index is 0.0156. The van der Waals surface area contributed by atoms with Crippen LogP contribution in [0.25, 0.3) is 0 Å². The Morgan fingerprint density at radius 1 is 0.875 bits per heavy atom. The highest BCUT2D eigenvalue weighted by Crippen LogP contribution is 2.26. The molecule has 0 spiro atoms. The van der Waals surface area contributed by atoms with Gasteiger partial charge in [0.05, 0.1) is 0 Å². The molecule has 0 N–H and O–H groups in total. The lowest BCUT2D eigenvalue weighted by Crippen LogP contribution is -2.21. The zero-order valence-corrected chi connectivity index (χ0v) is 17.5. The van der Waals surface area contributed by atoms with Crippen LogP contribution in [-0.2, 0) is 9.53 Å². The van der Waals surface area contributed by atoms with Crippen LogP contribution in [0.4, 0.5) is 0 Å². The fourth-order valence-corrected chi connectivity index (χ4v) is 3.50. The van der Waals surface area contributed by atoms with Crippen molar-refractivity contribution in [1.29, 1.82) is 0 Å². The average Bonchev–Trinajstić information content (AvgIpc) is 2.44. The molecule has 0 aromatic carbocycles. The van der Waals surface area contributed by atoms with E-state index in [0.29, 0.717) is 12.3 Å². The molecule has 2 nitrogen and oxygen atoms in total. The van der Waals surface area contributed by atoms with Crippen molar-refractivity contribution in [3.8, 4) is 0 Å². The summed E-state index contributed by atoms with van der Waals surface area (Å²) < 4.78 is 5.85. The van der Waals surface area contributed by atoms with Crippen LogP contribution < -0.4 is 0 Å². The van der Waals surface area contributed by atoms with Crippen molar-refractivity contribution in [3.05, 3.63) is 0 Å². The third-order valence-electron chi connectivity index (χ3n) is 4.53. The largest absolute Gasteiger partial charge is 0.462 e. The van der Waals surface area contributed by atoms with Crippen LogP contribution in [-0.4, -0.2) is 12.1 Å². The lowest BCUT2D eigenvalue weighted by atomic mass is 9.84.